The molecule has 0 bridgehead atoms. The van der Waals surface area contributed by atoms with E-state index in [2.05, 4.69) is 5.32 Å². The van der Waals surface area contributed by atoms with E-state index >= 15 is 0 Å². The van der Waals surface area contributed by atoms with Gasteiger partial charge in [0.1, 0.15) is 0 Å². The number of ketones is 2. The van der Waals surface area contributed by atoms with Crippen LogP contribution in [0.4, 0.5) is 0 Å². The number of benzene rings is 2. The summed E-state index contributed by atoms with van der Waals surface area (Å²) in [7, 11) is -0.627. The highest BCUT2D eigenvalue weighted by atomic mass is 16.7. The minimum absolute atomic E-state index is 0.157. The number of carbonyl (C=O) groups excluding carboxylic acids is 3. The second-order valence-electron chi connectivity index (χ2n) is 9.23. The Labute approximate surface area is 188 Å². The van der Waals surface area contributed by atoms with Gasteiger partial charge < -0.3 is 14.6 Å². The Balaban J connectivity index is 1.76. The van der Waals surface area contributed by atoms with Crippen LogP contribution in [0.25, 0.3) is 17.2 Å². The van der Waals surface area contributed by atoms with Crippen molar-refractivity contribution in [2.24, 2.45) is 0 Å². The lowest BCUT2D eigenvalue weighted by molar-refractivity contribution is -0.118. The van der Waals surface area contributed by atoms with Crippen molar-refractivity contribution in [1.82, 2.24) is 5.32 Å². The van der Waals surface area contributed by atoms with E-state index in [1.807, 2.05) is 52.0 Å². The van der Waals surface area contributed by atoms with Crippen LogP contribution in [0.5, 0.6) is 0 Å². The molecule has 0 spiro atoms. The van der Waals surface area contributed by atoms with E-state index in [0.717, 1.165) is 16.6 Å². The molecule has 1 aliphatic carbocycles. The zero-order valence-electron chi connectivity index (χ0n) is 18.9. The van der Waals surface area contributed by atoms with Gasteiger partial charge in [-0.05, 0) is 62.0 Å². The Bertz CT molecular complexity index is 1150. The number of carbonyl (C=O) groups is 3. The quantitative estimate of drug-likeness (QED) is 0.587. The number of rotatable bonds is 4. The zero-order valence-corrected chi connectivity index (χ0v) is 18.9. The van der Waals surface area contributed by atoms with Gasteiger partial charge in [0.05, 0.1) is 11.2 Å². The average molecular weight is 431 g/mol. The third-order valence-corrected chi connectivity index (χ3v) is 6.41. The molecule has 0 radical (unpaired) electrons. The van der Waals surface area contributed by atoms with Gasteiger partial charge in [-0.15, -0.1) is 0 Å². The summed E-state index contributed by atoms with van der Waals surface area (Å²) in [5.41, 5.74) is 2.79. The smallest absolute Gasteiger partial charge is 0.400 e. The first kappa shape index (κ1) is 22.2. The second-order valence-corrected chi connectivity index (χ2v) is 9.23. The molecule has 1 saturated heterocycles. The highest BCUT2D eigenvalue weighted by molar-refractivity contribution is 6.56. The lowest BCUT2D eigenvalue weighted by Gasteiger charge is -2.32. The van der Waals surface area contributed by atoms with Gasteiger partial charge >= 0.3 is 7.12 Å². The Morgan fingerprint density at radius 2 is 1.47 bits per heavy atom. The molecule has 32 heavy (non-hydrogen) atoms. The van der Waals surface area contributed by atoms with Gasteiger partial charge in [0.15, 0.2) is 0 Å². The van der Waals surface area contributed by atoms with Gasteiger partial charge in [0, 0.05) is 24.6 Å². The van der Waals surface area contributed by atoms with Crippen LogP contribution in [0, 0.1) is 0 Å². The predicted molar refractivity (Wildman–Crippen MR) is 123 cm³/mol. The third kappa shape index (κ3) is 3.83. The predicted octanol–water partition coefficient (Wildman–Crippen LogP) is 3.88. The minimum atomic E-state index is -0.627. The summed E-state index contributed by atoms with van der Waals surface area (Å²) in [6.07, 6.45) is 1.90. The number of fused-ring (bicyclic) bond motifs is 3. The van der Waals surface area contributed by atoms with Crippen molar-refractivity contribution in [1.29, 1.82) is 0 Å². The van der Waals surface area contributed by atoms with Crippen LogP contribution < -0.4 is 5.32 Å². The Morgan fingerprint density at radius 1 is 0.906 bits per heavy atom. The summed E-state index contributed by atoms with van der Waals surface area (Å²) in [4.78, 5) is 36.6. The fourth-order valence-electron chi connectivity index (χ4n) is 3.87. The first-order chi connectivity index (χ1) is 15.0. The second kappa shape index (κ2) is 7.83. The molecule has 1 fully saturated rings. The third-order valence-electron chi connectivity index (χ3n) is 6.41. The van der Waals surface area contributed by atoms with Crippen LogP contribution in [0.15, 0.2) is 47.9 Å². The van der Waals surface area contributed by atoms with E-state index in [9.17, 15) is 14.4 Å². The SMILES string of the molecule is CC(=O)NCC(=Cc1ccc2c(c1)-c1ccccc1C(=O)C2=O)B1OC(C)(C)C(C)(C)O1. The standard InChI is InChI=1S/C25H26BNO5/c1-15(28)27-14-17(26-31-24(2,3)25(4,5)32-26)12-16-10-11-20-21(13-16)18-8-6-7-9-19(18)22(29)23(20)30/h6-13H,14H2,1-5H3,(H,27,28). The molecule has 2 aromatic carbocycles. The molecule has 1 amide bonds. The summed E-state index contributed by atoms with van der Waals surface area (Å²) in [5, 5.41) is 2.82. The number of Topliss-reactive ketones (excluding diaryl/α,β-unsaturated/α-hetero) is 2. The van der Waals surface area contributed by atoms with Gasteiger partial charge in [-0.25, -0.2) is 0 Å². The monoisotopic (exact) mass is 431 g/mol. The normalized spacial score (nSPS) is 18.9. The number of nitrogens with one attached hydrogen (secondary N) is 1. The van der Waals surface area contributed by atoms with E-state index in [4.69, 9.17) is 9.31 Å². The Morgan fingerprint density at radius 3 is 2.06 bits per heavy atom. The van der Waals surface area contributed by atoms with Crippen molar-refractivity contribution in [2.45, 2.75) is 45.8 Å². The van der Waals surface area contributed by atoms with Crippen LogP contribution in [-0.2, 0) is 14.1 Å². The largest absolute Gasteiger partial charge is 0.492 e. The molecule has 0 unspecified atom stereocenters. The molecule has 1 N–H and O–H groups in total. The summed E-state index contributed by atoms with van der Waals surface area (Å²) in [6, 6.07) is 12.5. The van der Waals surface area contributed by atoms with E-state index in [1.54, 1.807) is 24.3 Å². The van der Waals surface area contributed by atoms with Crippen molar-refractivity contribution in [3.8, 4) is 11.1 Å². The molecule has 1 heterocycles. The fourth-order valence-corrected chi connectivity index (χ4v) is 3.87. The van der Waals surface area contributed by atoms with Gasteiger partial charge in [-0.1, -0.05) is 36.4 Å². The maximum atomic E-state index is 12.6. The maximum Gasteiger partial charge on any atom is 0.492 e. The molecule has 1 aliphatic heterocycles. The van der Waals surface area contributed by atoms with Crippen molar-refractivity contribution >= 4 is 30.7 Å². The van der Waals surface area contributed by atoms with Crippen molar-refractivity contribution in [3.63, 3.8) is 0 Å². The van der Waals surface area contributed by atoms with E-state index in [1.165, 1.54) is 6.92 Å². The molecule has 0 aromatic heterocycles. The zero-order chi connectivity index (χ0) is 23.3. The minimum Gasteiger partial charge on any atom is -0.400 e. The molecule has 4 rings (SSSR count). The van der Waals surface area contributed by atoms with Gasteiger partial charge in [0.25, 0.3) is 0 Å². The summed E-state index contributed by atoms with van der Waals surface area (Å²) in [5.74, 6) is -1.14. The Hall–Kier alpha value is -3.03. The van der Waals surface area contributed by atoms with E-state index < -0.39 is 29.9 Å². The molecule has 7 heteroatoms. The van der Waals surface area contributed by atoms with Gasteiger partial charge in [0.2, 0.25) is 17.5 Å². The first-order valence-corrected chi connectivity index (χ1v) is 10.6. The van der Waals surface area contributed by atoms with E-state index in [-0.39, 0.29) is 12.5 Å². The summed E-state index contributed by atoms with van der Waals surface area (Å²) >= 11 is 0. The van der Waals surface area contributed by atoms with Crippen LogP contribution >= 0.6 is 0 Å². The average Bonchev–Trinajstić information content (AvgIpc) is 2.96. The van der Waals surface area contributed by atoms with Crippen molar-refractivity contribution in [3.05, 3.63) is 64.6 Å². The van der Waals surface area contributed by atoms with Crippen molar-refractivity contribution < 1.29 is 23.7 Å². The van der Waals surface area contributed by atoms with Crippen LogP contribution in [0.2, 0.25) is 0 Å². The Kier molecular flexibility index (Phi) is 5.43. The molecule has 0 saturated carbocycles. The molecule has 2 aliphatic rings. The topological polar surface area (TPSA) is 81.7 Å². The molecule has 0 atom stereocenters. The van der Waals surface area contributed by atoms with Gasteiger partial charge in [-0.3, -0.25) is 14.4 Å². The van der Waals surface area contributed by atoms with Gasteiger partial charge in [-0.2, -0.15) is 0 Å². The molecule has 164 valence electrons. The molecule has 6 nitrogen and oxygen atoms in total. The molecule has 2 aromatic rings. The van der Waals surface area contributed by atoms with Crippen molar-refractivity contribution in [2.75, 3.05) is 6.54 Å². The lowest BCUT2D eigenvalue weighted by atomic mass is 9.76. The summed E-state index contributed by atoms with van der Waals surface area (Å²) in [6.45, 7) is 9.61. The highest BCUT2D eigenvalue weighted by Gasteiger charge is 2.52. The fraction of sp³-hybridized carbons (Fsp3) is 0.320. The molecular weight excluding hydrogens is 405 g/mol. The number of amides is 1. The lowest BCUT2D eigenvalue weighted by Crippen LogP contribution is -2.41. The van der Waals surface area contributed by atoms with Crippen LogP contribution in [-0.4, -0.2) is 42.3 Å². The maximum absolute atomic E-state index is 12.6. The highest BCUT2D eigenvalue weighted by Crippen LogP contribution is 2.39. The summed E-state index contributed by atoms with van der Waals surface area (Å²) < 4.78 is 12.4. The molecular formula is C25H26BNO5. The van der Waals surface area contributed by atoms with E-state index in [0.29, 0.717) is 16.7 Å². The first-order valence-electron chi connectivity index (χ1n) is 10.6. The van der Waals surface area contributed by atoms with Crippen LogP contribution in [0.1, 0.15) is 60.9 Å². The van der Waals surface area contributed by atoms with Crippen LogP contribution in [0.3, 0.4) is 0 Å². The number of hydrogen-bond donors (Lipinski definition) is 1. The number of hydrogen-bond acceptors (Lipinski definition) is 5.